The molecule has 0 aromatic rings. The maximum absolute atomic E-state index is 2.51. The minimum Gasteiger partial charge on any atom is -0.321 e. The summed E-state index contributed by atoms with van der Waals surface area (Å²) in [7, 11) is 0. The quantitative estimate of drug-likeness (QED) is 0.522. The van der Waals surface area contributed by atoms with Gasteiger partial charge in [0.25, 0.3) is 0 Å². The van der Waals surface area contributed by atoms with Crippen LogP contribution in [-0.2, 0) is 0 Å². The molecular formula is C13H26N+. The van der Waals surface area contributed by atoms with E-state index < -0.39 is 0 Å². The van der Waals surface area contributed by atoms with Gasteiger partial charge in [-0.2, -0.15) is 0 Å². The first-order valence-electron chi connectivity index (χ1n) is 6.51. The van der Waals surface area contributed by atoms with Gasteiger partial charge in [-0.3, -0.25) is 0 Å². The van der Waals surface area contributed by atoms with Crippen LogP contribution >= 0.6 is 0 Å². The van der Waals surface area contributed by atoms with Gasteiger partial charge in [-0.1, -0.05) is 13.8 Å². The maximum atomic E-state index is 2.51. The van der Waals surface area contributed by atoms with E-state index in [1.807, 2.05) is 0 Å². The van der Waals surface area contributed by atoms with Gasteiger partial charge in [-0.25, -0.2) is 0 Å². The van der Waals surface area contributed by atoms with E-state index in [9.17, 15) is 0 Å². The molecule has 2 aliphatic heterocycles. The Morgan fingerprint density at radius 3 is 2.14 bits per heavy atom. The van der Waals surface area contributed by atoms with Gasteiger partial charge in [0.2, 0.25) is 0 Å². The van der Waals surface area contributed by atoms with Crippen molar-refractivity contribution in [3.8, 4) is 0 Å². The fraction of sp³-hybridized carbons (Fsp3) is 1.00. The van der Waals surface area contributed by atoms with E-state index in [1.165, 1.54) is 49.8 Å². The van der Waals surface area contributed by atoms with Gasteiger partial charge in [-0.05, 0) is 38.5 Å². The molecule has 82 valence electrons. The van der Waals surface area contributed by atoms with E-state index in [2.05, 4.69) is 20.8 Å². The zero-order chi connectivity index (χ0) is 10.2. The molecule has 2 saturated heterocycles. The van der Waals surface area contributed by atoms with E-state index in [1.54, 1.807) is 0 Å². The summed E-state index contributed by atoms with van der Waals surface area (Å²) in [5, 5.41) is 0. The predicted octanol–water partition coefficient (Wildman–Crippen LogP) is 3.05. The van der Waals surface area contributed by atoms with Gasteiger partial charge >= 0.3 is 0 Å². The normalized spacial score (nSPS) is 42.6. The van der Waals surface area contributed by atoms with Crippen molar-refractivity contribution in [2.75, 3.05) is 19.6 Å². The topological polar surface area (TPSA) is 0 Å². The van der Waals surface area contributed by atoms with Gasteiger partial charge in [0.05, 0.1) is 25.7 Å². The molecule has 14 heavy (non-hydrogen) atoms. The standard InChI is InChI=1S/C13H26N/c1-11-7-10-14(13(3)12(11)2)8-5-4-6-9-14/h11-13H,4-10H2,1-3H3/q+1. The van der Waals surface area contributed by atoms with E-state index in [4.69, 9.17) is 0 Å². The largest absolute Gasteiger partial charge is 0.321 e. The first-order chi connectivity index (χ1) is 6.66. The van der Waals surface area contributed by atoms with Crippen molar-refractivity contribution in [1.82, 2.24) is 0 Å². The summed E-state index contributed by atoms with van der Waals surface area (Å²) in [6, 6.07) is 0.916. The maximum Gasteiger partial charge on any atom is 0.0890 e. The first kappa shape index (κ1) is 10.5. The fourth-order valence-electron chi connectivity index (χ4n) is 3.67. The molecule has 0 N–H and O–H groups in total. The first-order valence-corrected chi connectivity index (χ1v) is 6.51. The van der Waals surface area contributed by atoms with Crippen LogP contribution in [0.3, 0.4) is 0 Å². The molecule has 2 heterocycles. The van der Waals surface area contributed by atoms with Gasteiger partial charge in [0.1, 0.15) is 0 Å². The van der Waals surface area contributed by atoms with Crippen LogP contribution in [0.1, 0.15) is 46.5 Å². The average molecular weight is 196 g/mol. The molecule has 0 aliphatic carbocycles. The molecular weight excluding hydrogens is 170 g/mol. The van der Waals surface area contributed by atoms with Gasteiger partial charge < -0.3 is 4.48 Å². The Labute approximate surface area is 89.1 Å². The van der Waals surface area contributed by atoms with Gasteiger partial charge in [0.15, 0.2) is 0 Å². The number of rotatable bonds is 0. The van der Waals surface area contributed by atoms with Crippen LogP contribution in [0, 0.1) is 11.8 Å². The molecule has 0 amide bonds. The Morgan fingerprint density at radius 1 is 0.857 bits per heavy atom. The monoisotopic (exact) mass is 196 g/mol. The van der Waals surface area contributed by atoms with Crippen LogP contribution in [0.4, 0.5) is 0 Å². The molecule has 1 nitrogen and oxygen atoms in total. The number of hydrogen-bond acceptors (Lipinski definition) is 0. The second kappa shape index (κ2) is 3.84. The number of quaternary nitrogens is 1. The van der Waals surface area contributed by atoms with Crippen LogP contribution in [0.25, 0.3) is 0 Å². The lowest BCUT2D eigenvalue weighted by Crippen LogP contribution is -2.63. The fourth-order valence-corrected chi connectivity index (χ4v) is 3.67. The summed E-state index contributed by atoms with van der Waals surface area (Å²) < 4.78 is 1.46. The number of piperidine rings is 2. The Bertz CT molecular complexity index is 193. The lowest BCUT2D eigenvalue weighted by atomic mass is 9.80. The van der Waals surface area contributed by atoms with Crippen molar-refractivity contribution in [3.63, 3.8) is 0 Å². The van der Waals surface area contributed by atoms with Crippen LogP contribution in [0.2, 0.25) is 0 Å². The molecule has 1 spiro atoms. The van der Waals surface area contributed by atoms with E-state index in [0.29, 0.717) is 0 Å². The zero-order valence-electron chi connectivity index (χ0n) is 10.1. The van der Waals surface area contributed by atoms with Crippen molar-refractivity contribution in [2.45, 2.75) is 52.5 Å². The number of nitrogens with zero attached hydrogens (tertiary/aromatic N) is 1. The molecule has 3 atom stereocenters. The minimum absolute atomic E-state index is 0.916. The molecule has 0 saturated carbocycles. The lowest BCUT2D eigenvalue weighted by Gasteiger charge is -2.53. The van der Waals surface area contributed by atoms with Crippen molar-refractivity contribution >= 4 is 0 Å². The summed E-state index contributed by atoms with van der Waals surface area (Å²) in [6.45, 7) is 11.8. The van der Waals surface area contributed by atoms with Crippen LogP contribution in [-0.4, -0.2) is 30.2 Å². The van der Waals surface area contributed by atoms with Crippen LogP contribution in [0.5, 0.6) is 0 Å². The third-order valence-electron chi connectivity index (χ3n) is 5.26. The van der Waals surface area contributed by atoms with Crippen molar-refractivity contribution < 1.29 is 4.48 Å². The molecule has 0 aromatic carbocycles. The van der Waals surface area contributed by atoms with E-state index in [-0.39, 0.29) is 0 Å². The van der Waals surface area contributed by atoms with Gasteiger partial charge in [-0.15, -0.1) is 0 Å². The van der Waals surface area contributed by atoms with E-state index in [0.717, 1.165) is 17.9 Å². The molecule has 0 radical (unpaired) electrons. The summed E-state index contributed by atoms with van der Waals surface area (Å²) in [5.74, 6) is 1.89. The molecule has 0 bridgehead atoms. The summed E-state index contributed by atoms with van der Waals surface area (Å²) >= 11 is 0. The van der Waals surface area contributed by atoms with Crippen molar-refractivity contribution in [1.29, 1.82) is 0 Å². The highest BCUT2D eigenvalue weighted by molar-refractivity contribution is 4.76. The van der Waals surface area contributed by atoms with Gasteiger partial charge in [0, 0.05) is 5.92 Å². The highest BCUT2D eigenvalue weighted by Crippen LogP contribution is 2.36. The predicted molar refractivity (Wildman–Crippen MR) is 61.1 cm³/mol. The highest BCUT2D eigenvalue weighted by atomic mass is 15.4. The summed E-state index contributed by atoms with van der Waals surface area (Å²) in [4.78, 5) is 0. The van der Waals surface area contributed by atoms with Crippen LogP contribution < -0.4 is 0 Å². The second-order valence-corrected chi connectivity index (χ2v) is 5.82. The molecule has 1 heteroatoms. The average Bonchev–Trinajstić information content (AvgIpc) is 2.23. The number of hydrogen-bond donors (Lipinski definition) is 0. The summed E-state index contributed by atoms with van der Waals surface area (Å²) in [6.07, 6.45) is 5.90. The molecule has 0 aromatic heterocycles. The Morgan fingerprint density at radius 2 is 1.50 bits per heavy atom. The zero-order valence-corrected chi connectivity index (χ0v) is 10.1. The lowest BCUT2D eigenvalue weighted by molar-refractivity contribution is -0.962. The van der Waals surface area contributed by atoms with Crippen molar-refractivity contribution in [3.05, 3.63) is 0 Å². The third-order valence-corrected chi connectivity index (χ3v) is 5.26. The summed E-state index contributed by atoms with van der Waals surface area (Å²) in [5.41, 5.74) is 0. The van der Waals surface area contributed by atoms with E-state index >= 15 is 0 Å². The molecule has 2 rings (SSSR count). The Hall–Kier alpha value is -0.0400. The Kier molecular flexibility index (Phi) is 2.88. The highest BCUT2D eigenvalue weighted by Gasteiger charge is 2.43. The minimum atomic E-state index is 0.916. The van der Waals surface area contributed by atoms with Crippen molar-refractivity contribution in [2.24, 2.45) is 11.8 Å². The third kappa shape index (κ3) is 1.60. The molecule has 2 aliphatic rings. The Balaban J connectivity index is 2.11. The second-order valence-electron chi connectivity index (χ2n) is 5.82. The molecule has 2 fully saturated rings. The smallest absolute Gasteiger partial charge is 0.0890 e. The SMILES string of the molecule is CC1CC[N+]2(CCCCC2)C(C)C1C. The van der Waals surface area contributed by atoms with Crippen LogP contribution in [0.15, 0.2) is 0 Å². The molecule has 3 unspecified atom stereocenters.